The molecule has 0 aliphatic heterocycles. The number of hydrogen-bond acceptors (Lipinski definition) is 0. The van der Waals surface area contributed by atoms with Gasteiger partial charge in [0.1, 0.15) is 0 Å². The van der Waals surface area contributed by atoms with E-state index in [1.165, 1.54) is 45.9 Å². The smallest absolute Gasteiger partial charge is 0.0541 e. The first kappa shape index (κ1) is 14.1. The predicted octanol–water partition coefficient (Wildman–Crippen LogP) is 6.13. The fourth-order valence-electron chi connectivity index (χ4n) is 3.43. The zero-order valence-corrected chi connectivity index (χ0v) is 13.5. The van der Waals surface area contributed by atoms with Crippen LogP contribution in [0, 0.1) is 0 Å². The minimum atomic E-state index is 1.15. The van der Waals surface area contributed by atoms with Gasteiger partial charge in [0.15, 0.2) is 0 Å². The molecule has 4 aromatic rings. The second kappa shape index (κ2) is 5.92. The highest BCUT2D eigenvalue weighted by Gasteiger charge is 2.11. The molecule has 0 amide bonds. The molecule has 0 aliphatic rings. The summed E-state index contributed by atoms with van der Waals surface area (Å²) >= 11 is 0. The van der Waals surface area contributed by atoms with E-state index in [1.807, 2.05) is 0 Å². The lowest BCUT2D eigenvalue weighted by atomic mass is 10.1. The number of unbranched alkanes of at least 4 members (excludes halogenated alkanes) is 1. The number of hydrogen-bond donors (Lipinski definition) is 0. The van der Waals surface area contributed by atoms with Crippen LogP contribution in [0.2, 0.25) is 0 Å². The Morgan fingerprint density at radius 2 is 1.39 bits per heavy atom. The highest BCUT2D eigenvalue weighted by Crippen LogP contribution is 2.31. The minimum absolute atomic E-state index is 1.15. The fourth-order valence-corrected chi connectivity index (χ4v) is 3.43. The van der Waals surface area contributed by atoms with Crippen LogP contribution in [0.4, 0.5) is 0 Å². The molecular formula is C22H21N. The van der Waals surface area contributed by atoms with Gasteiger partial charge >= 0.3 is 0 Å². The van der Waals surface area contributed by atoms with Crippen LogP contribution in [0.5, 0.6) is 0 Å². The van der Waals surface area contributed by atoms with Gasteiger partial charge in [0.25, 0.3) is 0 Å². The molecule has 0 fully saturated rings. The number of fused-ring (bicyclic) bond motifs is 3. The minimum Gasteiger partial charge on any atom is -0.309 e. The maximum Gasteiger partial charge on any atom is 0.0541 e. The molecule has 0 saturated heterocycles. The number of aryl methyl sites for hydroxylation is 1. The van der Waals surface area contributed by atoms with Gasteiger partial charge < -0.3 is 4.57 Å². The van der Waals surface area contributed by atoms with Crippen LogP contribution in [0.25, 0.3) is 27.5 Å². The average Bonchev–Trinajstić information content (AvgIpc) is 2.95. The summed E-state index contributed by atoms with van der Waals surface area (Å²) in [5, 5.41) is 2.64. The summed E-state index contributed by atoms with van der Waals surface area (Å²) in [6.45, 7) is 2.25. The van der Waals surface area contributed by atoms with E-state index in [9.17, 15) is 0 Å². The quantitative estimate of drug-likeness (QED) is 0.427. The Morgan fingerprint density at radius 1 is 0.739 bits per heavy atom. The Bertz CT molecular complexity index is 909. The summed E-state index contributed by atoms with van der Waals surface area (Å²) in [7, 11) is 0. The van der Waals surface area contributed by atoms with Crippen molar-refractivity contribution in [2.45, 2.75) is 26.2 Å². The van der Waals surface area contributed by atoms with Crippen molar-refractivity contribution < 1.29 is 0 Å². The van der Waals surface area contributed by atoms with Gasteiger partial charge in [0.2, 0.25) is 0 Å². The molecule has 1 heterocycles. The number of rotatable bonds is 4. The van der Waals surface area contributed by atoms with E-state index in [-0.39, 0.29) is 0 Å². The molecule has 114 valence electrons. The van der Waals surface area contributed by atoms with Crippen LogP contribution in [-0.4, -0.2) is 4.57 Å². The Balaban J connectivity index is 1.97. The monoisotopic (exact) mass is 299 g/mol. The van der Waals surface area contributed by atoms with E-state index in [0.717, 1.165) is 6.42 Å². The molecule has 3 aromatic carbocycles. The van der Waals surface area contributed by atoms with Gasteiger partial charge in [-0.3, -0.25) is 0 Å². The average molecular weight is 299 g/mol. The molecule has 0 radical (unpaired) electrons. The maximum absolute atomic E-state index is 2.39. The van der Waals surface area contributed by atoms with Crippen LogP contribution in [0.15, 0.2) is 72.8 Å². The van der Waals surface area contributed by atoms with Crippen LogP contribution in [0.3, 0.4) is 0 Å². The van der Waals surface area contributed by atoms with E-state index >= 15 is 0 Å². The highest BCUT2D eigenvalue weighted by molar-refractivity contribution is 6.09. The number of aromatic nitrogens is 1. The van der Waals surface area contributed by atoms with Crippen molar-refractivity contribution in [3.05, 3.63) is 78.4 Å². The Hall–Kier alpha value is -2.54. The van der Waals surface area contributed by atoms with Gasteiger partial charge in [-0.15, -0.1) is 0 Å². The summed E-state index contributed by atoms with van der Waals surface area (Å²) in [6.07, 6.45) is 3.64. The molecule has 0 atom stereocenters. The topological polar surface area (TPSA) is 4.93 Å². The molecule has 0 unspecified atom stereocenters. The van der Waals surface area contributed by atoms with E-state index in [4.69, 9.17) is 0 Å². The summed E-state index contributed by atoms with van der Waals surface area (Å²) in [5.41, 5.74) is 5.24. The van der Waals surface area contributed by atoms with Crippen LogP contribution >= 0.6 is 0 Å². The fraction of sp³-hybridized carbons (Fsp3) is 0.182. The molecule has 1 aromatic heterocycles. The molecule has 0 spiro atoms. The van der Waals surface area contributed by atoms with Gasteiger partial charge in [0.05, 0.1) is 11.0 Å². The normalized spacial score (nSPS) is 11.3. The molecule has 0 aliphatic carbocycles. The molecule has 4 rings (SSSR count). The maximum atomic E-state index is 2.39. The third-order valence-electron chi connectivity index (χ3n) is 4.57. The van der Waals surface area contributed by atoms with Crippen molar-refractivity contribution in [1.29, 1.82) is 0 Å². The van der Waals surface area contributed by atoms with Gasteiger partial charge in [-0.2, -0.15) is 0 Å². The van der Waals surface area contributed by atoms with Crippen molar-refractivity contribution >= 4 is 21.8 Å². The number of benzene rings is 3. The molecule has 1 nitrogen and oxygen atoms in total. The Labute approximate surface area is 137 Å². The second-order valence-electron chi connectivity index (χ2n) is 6.14. The van der Waals surface area contributed by atoms with Gasteiger partial charge in [0, 0.05) is 16.5 Å². The highest BCUT2D eigenvalue weighted by atomic mass is 15.0. The summed E-state index contributed by atoms with van der Waals surface area (Å²) in [6, 6.07) is 26.3. The third kappa shape index (κ3) is 2.43. The predicted molar refractivity (Wildman–Crippen MR) is 99.4 cm³/mol. The first-order valence-electron chi connectivity index (χ1n) is 8.46. The van der Waals surface area contributed by atoms with Crippen molar-refractivity contribution in [1.82, 2.24) is 4.57 Å². The van der Waals surface area contributed by atoms with Crippen LogP contribution in [0.1, 0.15) is 25.3 Å². The van der Waals surface area contributed by atoms with Gasteiger partial charge in [-0.1, -0.05) is 61.9 Å². The lowest BCUT2D eigenvalue weighted by molar-refractivity contribution is 0.794. The van der Waals surface area contributed by atoms with E-state index in [1.54, 1.807) is 0 Å². The zero-order chi connectivity index (χ0) is 15.6. The molecule has 1 heteroatoms. The van der Waals surface area contributed by atoms with Gasteiger partial charge in [-0.05, 0) is 42.7 Å². The van der Waals surface area contributed by atoms with Crippen molar-refractivity contribution in [2.24, 2.45) is 0 Å². The number of nitrogens with zero attached hydrogens (tertiary/aromatic N) is 1. The summed E-state index contributed by atoms with van der Waals surface area (Å²) in [5.74, 6) is 0. The molecule has 0 bridgehead atoms. The first-order valence-corrected chi connectivity index (χ1v) is 8.46. The van der Waals surface area contributed by atoms with Gasteiger partial charge in [-0.25, -0.2) is 0 Å². The number of para-hydroxylation sites is 2. The van der Waals surface area contributed by atoms with Crippen molar-refractivity contribution in [3.8, 4) is 5.69 Å². The Kier molecular flexibility index (Phi) is 3.63. The SMILES string of the molecule is CCCCc1cccc(-n2c3ccccc3c3ccccc32)c1. The standard InChI is InChI=1S/C22H21N/c1-2-3-9-17-10-8-11-18(16-17)23-21-14-6-4-12-19(21)20-13-5-7-15-22(20)23/h4-8,10-16H,2-3,9H2,1H3. The van der Waals surface area contributed by atoms with Crippen molar-refractivity contribution in [3.63, 3.8) is 0 Å². The van der Waals surface area contributed by atoms with E-state index in [0.29, 0.717) is 0 Å². The summed E-state index contributed by atoms with van der Waals surface area (Å²) in [4.78, 5) is 0. The largest absolute Gasteiger partial charge is 0.309 e. The van der Waals surface area contributed by atoms with Crippen LogP contribution < -0.4 is 0 Å². The first-order chi connectivity index (χ1) is 11.4. The zero-order valence-electron chi connectivity index (χ0n) is 13.5. The van der Waals surface area contributed by atoms with E-state index < -0.39 is 0 Å². The van der Waals surface area contributed by atoms with Crippen LogP contribution in [-0.2, 0) is 6.42 Å². The molecule has 0 N–H and O–H groups in total. The lowest BCUT2D eigenvalue weighted by Gasteiger charge is -2.10. The second-order valence-corrected chi connectivity index (χ2v) is 6.14. The lowest BCUT2D eigenvalue weighted by Crippen LogP contribution is -1.95. The van der Waals surface area contributed by atoms with Crippen molar-refractivity contribution in [2.75, 3.05) is 0 Å². The van der Waals surface area contributed by atoms with E-state index in [2.05, 4.69) is 84.3 Å². The molecule has 0 saturated carbocycles. The molecular weight excluding hydrogens is 278 g/mol. The Morgan fingerprint density at radius 3 is 2.04 bits per heavy atom. The third-order valence-corrected chi connectivity index (χ3v) is 4.57. The molecule has 23 heavy (non-hydrogen) atoms. The summed E-state index contributed by atoms with van der Waals surface area (Å²) < 4.78 is 2.39.